The lowest BCUT2D eigenvalue weighted by atomic mass is 9.95. The smallest absolute Gasteiger partial charge is 0.344 e. The van der Waals surface area contributed by atoms with Gasteiger partial charge < -0.3 is 10.1 Å². The SMILES string of the molecule is CCOC(=O)c1c(-c2ccccc2)c(-c2ccccc2)nn(CC(=O)Nc2ccc(Br)cc2)c1=O. The Labute approximate surface area is 210 Å². The van der Waals surface area contributed by atoms with Crippen molar-refractivity contribution in [3.63, 3.8) is 0 Å². The summed E-state index contributed by atoms with van der Waals surface area (Å²) in [6.45, 7) is 1.39. The first kappa shape index (κ1) is 24.1. The van der Waals surface area contributed by atoms with Crippen molar-refractivity contribution in [3.8, 4) is 22.4 Å². The lowest BCUT2D eigenvalue weighted by molar-refractivity contribution is -0.117. The number of amides is 1. The molecule has 0 spiro atoms. The minimum Gasteiger partial charge on any atom is -0.462 e. The second-order valence-corrected chi connectivity index (χ2v) is 8.48. The van der Waals surface area contributed by atoms with Gasteiger partial charge in [0.05, 0.1) is 12.3 Å². The monoisotopic (exact) mass is 531 g/mol. The van der Waals surface area contributed by atoms with Gasteiger partial charge in [0.15, 0.2) is 0 Å². The maximum Gasteiger partial charge on any atom is 0.344 e. The lowest BCUT2D eigenvalue weighted by Gasteiger charge is -2.17. The van der Waals surface area contributed by atoms with Crippen LogP contribution in [0.2, 0.25) is 0 Å². The molecule has 0 saturated carbocycles. The van der Waals surface area contributed by atoms with Crippen molar-refractivity contribution in [1.29, 1.82) is 0 Å². The Hall–Kier alpha value is -4.04. The van der Waals surface area contributed by atoms with Crippen LogP contribution in [0.5, 0.6) is 0 Å². The summed E-state index contributed by atoms with van der Waals surface area (Å²) in [5, 5.41) is 7.29. The highest BCUT2D eigenvalue weighted by molar-refractivity contribution is 9.10. The molecule has 0 saturated heterocycles. The van der Waals surface area contributed by atoms with Gasteiger partial charge in [-0.05, 0) is 36.8 Å². The summed E-state index contributed by atoms with van der Waals surface area (Å²) in [5.41, 5.74) is 1.81. The van der Waals surface area contributed by atoms with Crippen molar-refractivity contribution in [2.24, 2.45) is 0 Å². The fourth-order valence-corrected chi connectivity index (χ4v) is 3.89. The number of hydrogen-bond donors (Lipinski definition) is 1. The number of carbonyl (C=O) groups is 2. The first-order valence-corrected chi connectivity index (χ1v) is 11.8. The molecule has 0 aliphatic heterocycles. The highest BCUT2D eigenvalue weighted by Crippen LogP contribution is 2.32. The average Bonchev–Trinajstić information content (AvgIpc) is 2.87. The number of benzene rings is 3. The molecule has 0 aliphatic carbocycles. The summed E-state index contributed by atoms with van der Waals surface area (Å²) < 4.78 is 7.12. The van der Waals surface area contributed by atoms with Crippen LogP contribution in [0.15, 0.2) is 94.2 Å². The summed E-state index contributed by atoms with van der Waals surface area (Å²) in [6, 6.07) is 25.3. The first-order chi connectivity index (χ1) is 17.0. The third-order valence-electron chi connectivity index (χ3n) is 5.17. The molecule has 0 radical (unpaired) electrons. The number of carbonyl (C=O) groups excluding carboxylic acids is 2. The van der Waals surface area contributed by atoms with Gasteiger partial charge in [0.25, 0.3) is 5.56 Å². The van der Waals surface area contributed by atoms with E-state index in [1.54, 1.807) is 43.3 Å². The molecule has 1 amide bonds. The predicted molar refractivity (Wildman–Crippen MR) is 138 cm³/mol. The maximum atomic E-state index is 13.5. The molecule has 4 aromatic rings. The van der Waals surface area contributed by atoms with E-state index in [1.165, 1.54) is 0 Å². The van der Waals surface area contributed by atoms with Crippen molar-refractivity contribution < 1.29 is 14.3 Å². The molecule has 1 N–H and O–H groups in total. The number of halogens is 1. The Morgan fingerprint density at radius 2 is 1.51 bits per heavy atom. The number of esters is 1. The number of nitrogens with one attached hydrogen (secondary N) is 1. The fraction of sp³-hybridized carbons (Fsp3) is 0.111. The molecule has 0 atom stereocenters. The van der Waals surface area contributed by atoms with Gasteiger partial charge in [-0.2, -0.15) is 5.10 Å². The van der Waals surface area contributed by atoms with Gasteiger partial charge in [-0.1, -0.05) is 76.6 Å². The molecular formula is C27H22BrN3O4. The van der Waals surface area contributed by atoms with Gasteiger partial charge in [0.1, 0.15) is 12.1 Å². The van der Waals surface area contributed by atoms with Crippen LogP contribution < -0.4 is 10.9 Å². The second-order valence-electron chi connectivity index (χ2n) is 7.57. The lowest BCUT2D eigenvalue weighted by Crippen LogP contribution is -2.34. The first-order valence-electron chi connectivity index (χ1n) is 11.0. The predicted octanol–water partition coefficient (Wildman–Crippen LogP) is 5.16. The van der Waals surface area contributed by atoms with Gasteiger partial charge in [-0.15, -0.1) is 0 Å². The quantitative estimate of drug-likeness (QED) is 0.333. The van der Waals surface area contributed by atoms with Crippen LogP contribution in [0.4, 0.5) is 5.69 Å². The van der Waals surface area contributed by atoms with Crippen molar-refractivity contribution in [2.75, 3.05) is 11.9 Å². The molecular weight excluding hydrogens is 510 g/mol. The van der Waals surface area contributed by atoms with Crippen LogP contribution in [0, 0.1) is 0 Å². The molecule has 0 aliphatic rings. The molecule has 0 fully saturated rings. The maximum absolute atomic E-state index is 13.5. The molecule has 0 bridgehead atoms. The number of rotatable bonds is 7. The third-order valence-corrected chi connectivity index (χ3v) is 5.70. The zero-order chi connectivity index (χ0) is 24.8. The van der Waals surface area contributed by atoms with Gasteiger partial charge in [-0.25, -0.2) is 9.48 Å². The van der Waals surface area contributed by atoms with Gasteiger partial charge in [-0.3, -0.25) is 9.59 Å². The number of aromatic nitrogens is 2. The van der Waals surface area contributed by atoms with Crippen molar-refractivity contribution in [2.45, 2.75) is 13.5 Å². The van der Waals surface area contributed by atoms with Gasteiger partial charge in [0, 0.05) is 21.3 Å². The Balaban J connectivity index is 1.87. The van der Waals surface area contributed by atoms with Gasteiger partial charge >= 0.3 is 5.97 Å². The van der Waals surface area contributed by atoms with E-state index < -0.39 is 17.4 Å². The molecule has 1 heterocycles. The number of hydrogen-bond acceptors (Lipinski definition) is 5. The van der Waals surface area contributed by atoms with Gasteiger partial charge in [0.2, 0.25) is 5.91 Å². The van der Waals surface area contributed by atoms with E-state index in [0.717, 1.165) is 9.15 Å². The van der Waals surface area contributed by atoms with Crippen LogP contribution in [-0.2, 0) is 16.1 Å². The van der Waals surface area contributed by atoms with E-state index in [2.05, 4.69) is 26.3 Å². The summed E-state index contributed by atoms with van der Waals surface area (Å²) in [4.78, 5) is 39.3. The normalized spacial score (nSPS) is 10.6. The summed E-state index contributed by atoms with van der Waals surface area (Å²) in [6.07, 6.45) is 0. The minimum absolute atomic E-state index is 0.0968. The molecule has 8 heteroatoms. The van der Waals surface area contributed by atoms with E-state index in [4.69, 9.17) is 4.74 Å². The third kappa shape index (κ3) is 5.55. The minimum atomic E-state index is -0.766. The molecule has 176 valence electrons. The number of ether oxygens (including phenoxy) is 1. The van der Waals surface area contributed by atoms with E-state index in [9.17, 15) is 14.4 Å². The molecule has 3 aromatic carbocycles. The van der Waals surface area contributed by atoms with E-state index >= 15 is 0 Å². The van der Waals surface area contributed by atoms with Crippen LogP contribution >= 0.6 is 15.9 Å². The molecule has 0 unspecified atom stereocenters. The van der Waals surface area contributed by atoms with Crippen LogP contribution in [-0.4, -0.2) is 28.3 Å². The second kappa shape index (κ2) is 10.9. The highest BCUT2D eigenvalue weighted by Gasteiger charge is 2.26. The summed E-state index contributed by atoms with van der Waals surface area (Å²) in [7, 11) is 0. The standard InChI is InChI=1S/C27H22BrN3O4/c1-2-35-27(34)24-23(18-9-5-3-6-10-18)25(19-11-7-4-8-12-19)30-31(26(24)33)17-22(32)29-21-15-13-20(28)14-16-21/h3-16H,2,17H2,1H3,(H,29,32). The molecule has 7 nitrogen and oxygen atoms in total. The molecule has 35 heavy (non-hydrogen) atoms. The Morgan fingerprint density at radius 3 is 2.11 bits per heavy atom. The Kier molecular flexibility index (Phi) is 7.52. The summed E-state index contributed by atoms with van der Waals surface area (Å²) >= 11 is 3.35. The zero-order valence-electron chi connectivity index (χ0n) is 18.9. The van der Waals surface area contributed by atoms with E-state index in [-0.39, 0.29) is 18.7 Å². The van der Waals surface area contributed by atoms with Crippen LogP contribution in [0.1, 0.15) is 17.3 Å². The van der Waals surface area contributed by atoms with Crippen LogP contribution in [0.3, 0.4) is 0 Å². The average molecular weight is 532 g/mol. The highest BCUT2D eigenvalue weighted by atomic mass is 79.9. The van der Waals surface area contributed by atoms with E-state index in [0.29, 0.717) is 28.1 Å². The topological polar surface area (TPSA) is 90.3 Å². The fourth-order valence-electron chi connectivity index (χ4n) is 3.62. The number of anilines is 1. The molecule has 1 aromatic heterocycles. The van der Waals surface area contributed by atoms with Crippen molar-refractivity contribution in [1.82, 2.24) is 9.78 Å². The zero-order valence-corrected chi connectivity index (χ0v) is 20.5. The number of nitrogens with zero attached hydrogens (tertiary/aromatic N) is 2. The van der Waals surface area contributed by atoms with Crippen molar-refractivity contribution in [3.05, 3.63) is 105 Å². The molecule has 4 rings (SSSR count). The Morgan fingerprint density at radius 1 is 0.914 bits per heavy atom. The largest absolute Gasteiger partial charge is 0.462 e. The van der Waals surface area contributed by atoms with Crippen molar-refractivity contribution >= 4 is 33.5 Å². The van der Waals surface area contributed by atoms with E-state index in [1.807, 2.05) is 48.5 Å². The Bertz CT molecular complexity index is 1400. The van der Waals surface area contributed by atoms with Crippen LogP contribution in [0.25, 0.3) is 22.4 Å². The summed E-state index contributed by atoms with van der Waals surface area (Å²) in [5.74, 6) is -1.22.